The van der Waals surface area contributed by atoms with E-state index in [0.29, 0.717) is 13.0 Å². The fourth-order valence-electron chi connectivity index (χ4n) is 1.38. The molecule has 4 N–H and O–H groups in total. The van der Waals surface area contributed by atoms with E-state index in [4.69, 9.17) is 10.2 Å². The van der Waals surface area contributed by atoms with Gasteiger partial charge >= 0.3 is 5.97 Å². The molecule has 98 valence electrons. The molecule has 0 aliphatic rings. The summed E-state index contributed by atoms with van der Waals surface area (Å²) in [6, 6.07) is 4.42. The summed E-state index contributed by atoms with van der Waals surface area (Å²) in [6.07, 6.45) is 0.259. The zero-order valence-electron chi connectivity index (χ0n) is 9.72. The van der Waals surface area contributed by atoms with Crippen molar-refractivity contribution in [1.82, 2.24) is 5.32 Å². The summed E-state index contributed by atoms with van der Waals surface area (Å²) in [5.74, 6) is -1.72. The quantitative estimate of drug-likeness (QED) is 0.556. The van der Waals surface area contributed by atoms with Crippen LogP contribution in [0.3, 0.4) is 0 Å². The maximum absolute atomic E-state index is 11.2. The number of nitrogens with one attached hydrogen (secondary N) is 1. The second-order valence-electron chi connectivity index (χ2n) is 3.82. The SMILES string of the molecule is O=C(O)CCC(=O)NCCc1ccc(O)c(O)c1. The molecule has 0 atom stereocenters. The van der Waals surface area contributed by atoms with Crippen LogP contribution >= 0.6 is 0 Å². The van der Waals surface area contributed by atoms with Crippen molar-refractivity contribution in [2.24, 2.45) is 0 Å². The number of phenolic OH excluding ortho intramolecular Hbond substituents is 2. The lowest BCUT2D eigenvalue weighted by Crippen LogP contribution is -2.25. The molecule has 6 nitrogen and oxygen atoms in total. The number of aromatic hydroxyl groups is 2. The Morgan fingerprint density at radius 3 is 2.44 bits per heavy atom. The number of aliphatic carboxylic acids is 1. The first-order chi connectivity index (χ1) is 8.49. The molecular weight excluding hydrogens is 238 g/mol. The second-order valence-corrected chi connectivity index (χ2v) is 3.82. The molecule has 0 radical (unpaired) electrons. The number of carbonyl (C=O) groups excluding carboxylic acids is 1. The van der Waals surface area contributed by atoms with Crippen molar-refractivity contribution in [2.45, 2.75) is 19.3 Å². The minimum absolute atomic E-state index is 0.0455. The number of benzene rings is 1. The van der Waals surface area contributed by atoms with Gasteiger partial charge < -0.3 is 20.6 Å². The molecule has 0 fully saturated rings. The molecule has 6 heteroatoms. The van der Waals surface area contributed by atoms with E-state index < -0.39 is 5.97 Å². The van der Waals surface area contributed by atoms with Crippen LogP contribution in [0, 0.1) is 0 Å². The molecule has 0 heterocycles. The minimum Gasteiger partial charge on any atom is -0.504 e. The van der Waals surface area contributed by atoms with Gasteiger partial charge in [0, 0.05) is 13.0 Å². The highest BCUT2D eigenvalue weighted by Gasteiger charge is 2.05. The van der Waals surface area contributed by atoms with E-state index in [9.17, 15) is 14.7 Å². The minimum atomic E-state index is -1.01. The summed E-state index contributed by atoms with van der Waals surface area (Å²) in [7, 11) is 0. The molecule has 0 unspecified atom stereocenters. The number of hydrogen-bond acceptors (Lipinski definition) is 4. The van der Waals surface area contributed by atoms with Gasteiger partial charge in [0.15, 0.2) is 11.5 Å². The summed E-state index contributed by atoms with van der Waals surface area (Å²) in [4.78, 5) is 21.4. The molecular formula is C12H15NO5. The second kappa shape index (κ2) is 6.48. The van der Waals surface area contributed by atoms with Gasteiger partial charge in [-0.25, -0.2) is 0 Å². The highest BCUT2D eigenvalue weighted by atomic mass is 16.4. The number of carboxylic acids is 1. The number of hydrogen-bond donors (Lipinski definition) is 4. The van der Waals surface area contributed by atoms with Crippen LogP contribution in [-0.4, -0.2) is 33.7 Å². The Bertz CT molecular complexity index is 444. The fraction of sp³-hybridized carbons (Fsp3) is 0.333. The van der Waals surface area contributed by atoms with Gasteiger partial charge in [0.05, 0.1) is 6.42 Å². The first-order valence-corrected chi connectivity index (χ1v) is 5.48. The van der Waals surface area contributed by atoms with Gasteiger partial charge in [-0.2, -0.15) is 0 Å². The Kier molecular flexibility index (Phi) is 4.98. The monoisotopic (exact) mass is 253 g/mol. The van der Waals surface area contributed by atoms with Crippen molar-refractivity contribution in [3.63, 3.8) is 0 Å². The Morgan fingerprint density at radius 2 is 1.83 bits per heavy atom. The predicted octanol–water partition coefficient (Wildman–Crippen LogP) is 0.621. The van der Waals surface area contributed by atoms with Crippen LogP contribution < -0.4 is 5.32 Å². The van der Waals surface area contributed by atoms with Crippen LogP contribution in [-0.2, 0) is 16.0 Å². The topological polar surface area (TPSA) is 107 Å². The van der Waals surface area contributed by atoms with Gasteiger partial charge in [-0.3, -0.25) is 9.59 Å². The molecule has 0 saturated heterocycles. The Hall–Kier alpha value is -2.24. The van der Waals surface area contributed by atoms with Crippen LogP contribution in [0.2, 0.25) is 0 Å². The van der Waals surface area contributed by atoms with Crippen LogP contribution in [0.4, 0.5) is 0 Å². The van der Waals surface area contributed by atoms with Gasteiger partial charge in [0.2, 0.25) is 5.91 Å². The number of carboxylic acid groups (broad SMARTS) is 1. The summed E-state index contributed by atoms with van der Waals surface area (Å²) >= 11 is 0. The zero-order valence-corrected chi connectivity index (χ0v) is 9.72. The van der Waals surface area contributed by atoms with Crippen molar-refractivity contribution >= 4 is 11.9 Å². The van der Waals surface area contributed by atoms with E-state index in [0.717, 1.165) is 5.56 Å². The van der Waals surface area contributed by atoms with Gasteiger partial charge in [0.1, 0.15) is 0 Å². The standard InChI is InChI=1S/C12H15NO5/c14-9-2-1-8(7-10(9)15)5-6-13-11(16)3-4-12(17)18/h1-2,7,14-15H,3-6H2,(H,13,16)(H,17,18). The van der Waals surface area contributed by atoms with Gasteiger partial charge in [-0.1, -0.05) is 6.07 Å². The summed E-state index contributed by atoms with van der Waals surface area (Å²) in [5.41, 5.74) is 0.767. The smallest absolute Gasteiger partial charge is 0.303 e. The number of rotatable bonds is 6. The molecule has 0 aliphatic heterocycles. The van der Waals surface area contributed by atoms with E-state index in [1.54, 1.807) is 6.07 Å². The average molecular weight is 253 g/mol. The average Bonchev–Trinajstić information content (AvgIpc) is 2.31. The maximum Gasteiger partial charge on any atom is 0.303 e. The van der Waals surface area contributed by atoms with Crippen LogP contribution in [0.1, 0.15) is 18.4 Å². The zero-order chi connectivity index (χ0) is 13.5. The molecule has 1 rings (SSSR count). The van der Waals surface area contributed by atoms with Crippen molar-refractivity contribution in [3.8, 4) is 11.5 Å². The van der Waals surface area contributed by atoms with E-state index in [-0.39, 0.29) is 30.2 Å². The van der Waals surface area contributed by atoms with Crippen molar-refractivity contribution in [1.29, 1.82) is 0 Å². The third-order valence-corrected chi connectivity index (χ3v) is 2.34. The van der Waals surface area contributed by atoms with Crippen LogP contribution in [0.5, 0.6) is 11.5 Å². The van der Waals surface area contributed by atoms with E-state index >= 15 is 0 Å². The van der Waals surface area contributed by atoms with E-state index in [1.165, 1.54) is 12.1 Å². The Balaban J connectivity index is 2.30. The van der Waals surface area contributed by atoms with Crippen LogP contribution in [0.15, 0.2) is 18.2 Å². The normalized spacial score (nSPS) is 10.0. The highest BCUT2D eigenvalue weighted by molar-refractivity contribution is 5.80. The van der Waals surface area contributed by atoms with Gasteiger partial charge in [-0.05, 0) is 24.1 Å². The number of carbonyl (C=O) groups is 2. The first kappa shape index (κ1) is 13.8. The predicted molar refractivity (Wildman–Crippen MR) is 63.4 cm³/mol. The molecule has 18 heavy (non-hydrogen) atoms. The lowest BCUT2D eigenvalue weighted by Gasteiger charge is -2.05. The molecule has 1 amide bonds. The molecule has 0 aliphatic carbocycles. The number of amides is 1. The molecule has 0 aromatic heterocycles. The Labute approximate surface area is 104 Å². The summed E-state index contributed by atoms with van der Waals surface area (Å²) in [6.45, 7) is 0.350. The molecule has 1 aromatic carbocycles. The van der Waals surface area contributed by atoms with Crippen molar-refractivity contribution in [2.75, 3.05) is 6.54 Å². The van der Waals surface area contributed by atoms with Crippen molar-refractivity contribution < 1.29 is 24.9 Å². The molecule has 0 saturated carbocycles. The first-order valence-electron chi connectivity index (χ1n) is 5.48. The summed E-state index contributed by atoms with van der Waals surface area (Å²) in [5, 5.41) is 29.3. The van der Waals surface area contributed by atoms with Crippen molar-refractivity contribution in [3.05, 3.63) is 23.8 Å². The summed E-state index contributed by atoms with van der Waals surface area (Å²) < 4.78 is 0. The highest BCUT2D eigenvalue weighted by Crippen LogP contribution is 2.24. The van der Waals surface area contributed by atoms with E-state index in [2.05, 4.69) is 5.32 Å². The molecule has 1 aromatic rings. The largest absolute Gasteiger partial charge is 0.504 e. The van der Waals surface area contributed by atoms with Crippen LogP contribution in [0.25, 0.3) is 0 Å². The Morgan fingerprint density at radius 1 is 1.11 bits per heavy atom. The molecule has 0 bridgehead atoms. The third-order valence-electron chi connectivity index (χ3n) is 2.34. The lowest BCUT2D eigenvalue weighted by molar-refractivity contribution is -0.138. The van der Waals surface area contributed by atoms with Gasteiger partial charge in [-0.15, -0.1) is 0 Å². The van der Waals surface area contributed by atoms with E-state index in [1.807, 2.05) is 0 Å². The third kappa shape index (κ3) is 4.73. The fourth-order valence-corrected chi connectivity index (χ4v) is 1.38. The number of phenols is 2. The maximum atomic E-state index is 11.2. The van der Waals surface area contributed by atoms with Gasteiger partial charge in [0.25, 0.3) is 0 Å². The lowest BCUT2D eigenvalue weighted by atomic mass is 10.1. The molecule has 0 spiro atoms.